The SMILES string of the molecule is COc1cc2c(cc1OC)[C@H](C(=O)Nc1ccc(F)c(Cl)c1)[C@@H]1c3ccccc3CCN1C2=O. The zero-order valence-corrected chi connectivity index (χ0v) is 19.4. The molecule has 2 aliphatic heterocycles. The molecule has 5 rings (SSSR count). The van der Waals surface area contributed by atoms with E-state index in [1.54, 1.807) is 17.0 Å². The van der Waals surface area contributed by atoms with E-state index >= 15 is 0 Å². The van der Waals surface area contributed by atoms with Crippen molar-refractivity contribution < 1.29 is 23.5 Å². The van der Waals surface area contributed by atoms with Crippen LogP contribution in [0.5, 0.6) is 11.5 Å². The predicted molar refractivity (Wildman–Crippen MR) is 126 cm³/mol. The van der Waals surface area contributed by atoms with Crippen LogP contribution in [0.1, 0.15) is 39.0 Å². The van der Waals surface area contributed by atoms with Gasteiger partial charge in [-0.05, 0) is 53.4 Å². The minimum absolute atomic E-state index is 0.0898. The van der Waals surface area contributed by atoms with Gasteiger partial charge >= 0.3 is 0 Å². The maximum atomic E-state index is 13.8. The zero-order chi connectivity index (χ0) is 24.0. The Bertz CT molecular complexity index is 1310. The van der Waals surface area contributed by atoms with Gasteiger partial charge in [-0.1, -0.05) is 35.9 Å². The van der Waals surface area contributed by atoms with E-state index in [2.05, 4.69) is 5.32 Å². The van der Waals surface area contributed by atoms with Gasteiger partial charge in [-0.25, -0.2) is 4.39 Å². The van der Waals surface area contributed by atoms with Gasteiger partial charge in [0.15, 0.2) is 11.5 Å². The van der Waals surface area contributed by atoms with Gasteiger partial charge in [-0.2, -0.15) is 0 Å². The number of hydrogen-bond donors (Lipinski definition) is 1. The van der Waals surface area contributed by atoms with Gasteiger partial charge in [-0.15, -0.1) is 0 Å². The van der Waals surface area contributed by atoms with Gasteiger partial charge < -0.3 is 19.7 Å². The number of fused-ring (bicyclic) bond motifs is 4. The molecule has 0 aromatic heterocycles. The van der Waals surface area contributed by atoms with E-state index in [0.717, 1.165) is 11.1 Å². The highest BCUT2D eigenvalue weighted by Gasteiger charge is 2.47. The van der Waals surface area contributed by atoms with Gasteiger partial charge in [0.1, 0.15) is 5.82 Å². The maximum absolute atomic E-state index is 13.8. The first-order valence-corrected chi connectivity index (χ1v) is 11.2. The summed E-state index contributed by atoms with van der Waals surface area (Å²) in [4.78, 5) is 29.1. The summed E-state index contributed by atoms with van der Waals surface area (Å²) in [6.07, 6.45) is 0.697. The number of benzene rings is 3. The second kappa shape index (κ2) is 8.65. The number of amides is 2. The third-order valence-corrected chi connectivity index (χ3v) is 6.79. The molecule has 0 saturated carbocycles. The van der Waals surface area contributed by atoms with Crippen molar-refractivity contribution in [2.75, 3.05) is 26.1 Å². The van der Waals surface area contributed by atoms with Crippen molar-refractivity contribution in [3.05, 3.63) is 87.7 Å². The molecule has 34 heavy (non-hydrogen) atoms. The lowest BCUT2D eigenvalue weighted by Gasteiger charge is -2.45. The van der Waals surface area contributed by atoms with Crippen LogP contribution in [0.2, 0.25) is 5.02 Å². The molecule has 8 heteroatoms. The molecular weight excluding hydrogens is 459 g/mol. The first-order valence-electron chi connectivity index (χ1n) is 10.8. The minimum atomic E-state index is -0.738. The standard InChI is InChI=1S/C26H22ClFN2O4/c1-33-21-12-17-18(13-22(21)34-2)26(32)30-10-9-14-5-3-4-6-16(14)24(30)23(17)25(31)29-15-7-8-20(28)19(27)11-15/h3-8,11-13,23-24H,9-10H2,1-2H3,(H,29,31)/t23-,24-/m0/s1. The fourth-order valence-corrected chi connectivity index (χ4v) is 5.11. The number of halogens is 2. The number of anilines is 1. The van der Waals surface area contributed by atoms with E-state index in [1.807, 2.05) is 24.3 Å². The molecule has 0 unspecified atom stereocenters. The summed E-state index contributed by atoms with van der Waals surface area (Å²) in [7, 11) is 3.01. The van der Waals surface area contributed by atoms with Gasteiger partial charge in [0.25, 0.3) is 5.91 Å². The summed E-state index contributed by atoms with van der Waals surface area (Å²) < 4.78 is 24.5. The van der Waals surface area contributed by atoms with Crippen molar-refractivity contribution in [2.24, 2.45) is 0 Å². The number of hydrogen-bond acceptors (Lipinski definition) is 4. The largest absolute Gasteiger partial charge is 0.493 e. The van der Waals surface area contributed by atoms with Crippen molar-refractivity contribution in [1.82, 2.24) is 4.90 Å². The molecule has 2 atom stereocenters. The van der Waals surface area contributed by atoms with Crippen molar-refractivity contribution in [2.45, 2.75) is 18.4 Å². The van der Waals surface area contributed by atoms with E-state index in [4.69, 9.17) is 21.1 Å². The first kappa shape index (κ1) is 22.2. The van der Waals surface area contributed by atoms with Gasteiger partial charge in [0, 0.05) is 17.8 Å². The highest BCUT2D eigenvalue weighted by molar-refractivity contribution is 6.31. The van der Waals surface area contributed by atoms with Gasteiger partial charge in [0.2, 0.25) is 5.91 Å². The Morgan fingerprint density at radius 1 is 1.06 bits per heavy atom. The van der Waals surface area contributed by atoms with Crippen LogP contribution >= 0.6 is 11.6 Å². The highest BCUT2D eigenvalue weighted by Crippen LogP contribution is 2.48. The smallest absolute Gasteiger partial charge is 0.254 e. The van der Waals surface area contributed by atoms with Crippen LogP contribution in [0.15, 0.2) is 54.6 Å². The van der Waals surface area contributed by atoms with Crippen molar-refractivity contribution in [1.29, 1.82) is 0 Å². The van der Waals surface area contributed by atoms with E-state index in [0.29, 0.717) is 41.3 Å². The normalized spacial score (nSPS) is 18.5. The molecule has 2 heterocycles. The molecule has 6 nitrogen and oxygen atoms in total. The van der Waals surface area contributed by atoms with Crippen LogP contribution in [0.4, 0.5) is 10.1 Å². The average Bonchev–Trinajstić information content (AvgIpc) is 2.85. The number of nitrogens with one attached hydrogen (secondary N) is 1. The molecule has 0 spiro atoms. The van der Waals surface area contributed by atoms with Crippen molar-refractivity contribution >= 4 is 29.1 Å². The fourth-order valence-electron chi connectivity index (χ4n) is 4.93. The second-order valence-corrected chi connectivity index (χ2v) is 8.69. The van der Waals surface area contributed by atoms with Crippen LogP contribution < -0.4 is 14.8 Å². The van der Waals surface area contributed by atoms with Crippen LogP contribution in [0.3, 0.4) is 0 Å². The molecule has 2 aliphatic rings. The molecule has 0 aliphatic carbocycles. The summed E-state index contributed by atoms with van der Waals surface area (Å²) in [5, 5.41) is 2.78. The number of carbonyl (C=O) groups excluding carboxylic acids is 2. The topological polar surface area (TPSA) is 67.9 Å². The Hall–Kier alpha value is -3.58. The Labute approximate surface area is 201 Å². The lowest BCUT2D eigenvalue weighted by Crippen LogP contribution is -2.49. The van der Waals surface area contributed by atoms with Crippen LogP contribution in [-0.4, -0.2) is 37.5 Å². The van der Waals surface area contributed by atoms with Crippen LogP contribution in [-0.2, 0) is 11.2 Å². The lowest BCUT2D eigenvalue weighted by molar-refractivity contribution is -0.119. The monoisotopic (exact) mass is 480 g/mol. The molecule has 1 N–H and O–H groups in total. The van der Waals surface area contributed by atoms with E-state index in [-0.39, 0.29) is 16.8 Å². The number of methoxy groups -OCH3 is 2. The lowest BCUT2D eigenvalue weighted by atomic mass is 9.75. The summed E-state index contributed by atoms with van der Waals surface area (Å²) in [5.41, 5.74) is 3.34. The fraction of sp³-hybridized carbons (Fsp3) is 0.231. The van der Waals surface area contributed by atoms with Crippen molar-refractivity contribution in [3.63, 3.8) is 0 Å². The van der Waals surface area contributed by atoms with Crippen LogP contribution in [0.25, 0.3) is 0 Å². The molecule has 0 radical (unpaired) electrons. The maximum Gasteiger partial charge on any atom is 0.254 e. The quantitative estimate of drug-likeness (QED) is 0.572. The summed E-state index contributed by atoms with van der Waals surface area (Å²) >= 11 is 5.92. The second-order valence-electron chi connectivity index (χ2n) is 8.28. The highest BCUT2D eigenvalue weighted by atomic mass is 35.5. The van der Waals surface area contributed by atoms with E-state index in [1.165, 1.54) is 32.4 Å². The minimum Gasteiger partial charge on any atom is -0.493 e. The summed E-state index contributed by atoms with van der Waals surface area (Å²) in [5.74, 6) is -0.973. The first-order chi connectivity index (χ1) is 16.4. The Morgan fingerprint density at radius 2 is 1.79 bits per heavy atom. The van der Waals surface area contributed by atoms with Crippen LogP contribution in [0, 0.1) is 5.82 Å². The molecule has 3 aromatic rings. The molecule has 174 valence electrons. The zero-order valence-electron chi connectivity index (χ0n) is 18.6. The molecule has 0 saturated heterocycles. The molecule has 0 bridgehead atoms. The third-order valence-electron chi connectivity index (χ3n) is 6.50. The predicted octanol–water partition coefficient (Wildman–Crippen LogP) is 4.97. The Kier molecular flexibility index (Phi) is 5.65. The van der Waals surface area contributed by atoms with Crippen molar-refractivity contribution in [3.8, 4) is 11.5 Å². The van der Waals surface area contributed by atoms with E-state index in [9.17, 15) is 14.0 Å². The Balaban J connectivity index is 1.67. The molecular formula is C26H22ClFN2O4. The molecule has 2 amide bonds. The number of nitrogens with zero attached hydrogens (tertiary/aromatic N) is 1. The van der Waals surface area contributed by atoms with E-state index < -0.39 is 17.8 Å². The van der Waals surface area contributed by atoms with Gasteiger partial charge in [-0.3, -0.25) is 9.59 Å². The third kappa shape index (κ3) is 3.56. The number of rotatable bonds is 4. The average molecular weight is 481 g/mol. The summed E-state index contributed by atoms with van der Waals surface area (Å²) in [6.45, 7) is 0.487. The molecule has 0 fully saturated rings. The number of carbonyl (C=O) groups is 2. The summed E-state index contributed by atoms with van der Waals surface area (Å²) in [6, 6.07) is 14.7. The molecule has 3 aromatic carbocycles. The Morgan fingerprint density at radius 3 is 2.53 bits per heavy atom. The number of ether oxygens (including phenoxy) is 2. The van der Waals surface area contributed by atoms with Gasteiger partial charge in [0.05, 0.1) is 31.2 Å².